The highest BCUT2D eigenvalue weighted by atomic mass is 35.5. The minimum absolute atomic E-state index is 0.0622. The van der Waals surface area contributed by atoms with Crippen LogP contribution in [0.5, 0.6) is 0 Å². The van der Waals surface area contributed by atoms with Crippen LogP contribution in [0.4, 0.5) is 0 Å². The SMILES string of the molecule is O=C(NCC1(N2CCOCC2)CCCCC1)c1csc(-c2ccc(Cl)cc2)n1. The first-order chi connectivity index (χ1) is 13.7. The van der Waals surface area contributed by atoms with E-state index >= 15 is 0 Å². The lowest BCUT2D eigenvalue weighted by Gasteiger charge is -2.48. The Morgan fingerprint density at radius 1 is 1.18 bits per heavy atom. The van der Waals surface area contributed by atoms with Crippen LogP contribution in [-0.2, 0) is 4.74 Å². The van der Waals surface area contributed by atoms with E-state index in [-0.39, 0.29) is 11.4 Å². The van der Waals surface area contributed by atoms with Crippen molar-refractivity contribution in [3.05, 3.63) is 40.4 Å². The highest BCUT2D eigenvalue weighted by Gasteiger charge is 2.39. The lowest BCUT2D eigenvalue weighted by molar-refractivity contribution is -0.0361. The van der Waals surface area contributed by atoms with Crippen LogP contribution in [0.1, 0.15) is 42.6 Å². The van der Waals surface area contributed by atoms with Crippen molar-refractivity contribution >= 4 is 28.8 Å². The zero-order valence-corrected chi connectivity index (χ0v) is 17.5. The molecule has 1 aliphatic carbocycles. The van der Waals surface area contributed by atoms with Crippen LogP contribution >= 0.6 is 22.9 Å². The van der Waals surface area contributed by atoms with Gasteiger partial charge in [0.15, 0.2) is 0 Å². The van der Waals surface area contributed by atoms with Crippen LogP contribution in [-0.4, -0.2) is 54.2 Å². The van der Waals surface area contributed by atoms with Gasteiger partial charge in [-0.1, -0.05) is 43.0 Å². The number of carbonyl (C=O) groups excluding carboxylic acids is 1. The molecule has 2 aromatic rings. The Labute approximate surface area is 175 Å². The molecule has 0 unspecified atom stereocenters. The second kappa shape index (κ2) is 8.91. The summed E-state index contributed by atoms with van der Waals surface area (Å²) < 4.78 is 5.54. The molecule has 1 saturated heterocycles. The molecule has 0 bridgehead atoms. The van der Waals surface area contributed by atoms with E-state index < -0.39 is 0 Å². The molecule has 5 nitrogen and oxygen atoms in total. The van der Waals surface area contributed by atoms with Crippen molar-refractivity contribution in [2.24, 2.45) is 0 Å². The summed E-state index contributed by atoms with van der Waals surface area (Å²) >= 11 is 7.44. The van der Waals surface area contributed by atoms with Gasteiger partial charge in [-0.15, -0.1) is 11.3 Å². The summed E-state index contributed by atoms with van der Waals surface area (Å²) in [4.78, 5) is 19.9. The lowest BCUT2D eigenvalue weighted by Crippen LogP contribution is -2.59. The van der Waals surface area contributed by atoms with Crippen LogP contribution in [0, 0.1) is 0 Å². The summed E-state index contributed by atoms with van der Waals surface area (Å²) in [5, 5.41) is 6.55. The molecule has 2 aliphatic rings. The van der Waals surface area contributed by atoms with E-state index in [1.54, 1.807) is 0 Å². The Morgan fingerprint density at radius 3 is 2.61 bits per heavy atom. The van der Waals surface area contributed by atoms with E-state index in [4.69, 9.17) is 16.3 Å². The molecule has 2 heterocycles. The smallest absolute Gasteiger partial charge is 0.270 e. The van der Waals surface area contributed by atoms with Gasteiger partial charge in [-0.3, -0.25) is 9.69 Å². The summed E-state index contributed by atoms with van der Waals surface area (Å²) in [6, 6.07) is 7.54. The van der Waals surface area contributed by atoms with Crippen molar-refractivity contribution in [1.29, 1.82) is 0 Å². The molecule has 28 heavy (non-hydrogen) atoms. The monoisotopic (exact) mass is 419 g/mol. The molecule has 1 amide bonds. The zero-order chi connectivity index (χ0) is 19.4. The van der Waals surface area contributed by atoms with Crippen LogP contribution in [0.25, 0.3) is 10.6 Å². The first kappa shape index (κ1) is 19.8. The summed E-state index contributed by atoms with van der Waals surface area (Å²) in [6.45, 7) is 4.15. The minimum Gasteiger partial charge on any atom is -0.379 e. The minimum atomic E-state index is -0.0883. The molecular formula is C21H26ClN3O2S. The summed E-state index contributed by atoms with van der Waals surface area (Å²) in [6.07, 6.45) is 6.02. The average molecular weight is 420 g/mol. The Hall–Kier alpha value is -1.47. The molecule has 150 valence electrons. The number of thiazole rings is 1. The van der Waals surface area contributed by atoms with Gasteiger partial charge in [-0.05, 0) is 25.0 Å². The van der Waals surface area contributed by atoms with Crippen molar-refractivity contribution in [1.82, 2.24) is 15.2 Å². The third-order valence-electron chi connectivity index (χ3n) is 5.87. The van der Waals surface area contributed by atoms with E-state index in [1.165, 1.54) is 30.6 Å². The largest absolute Gasteiger partial charge is 0.379 e. The van der Waals surface area contributed by atoms with Crippen LogP contribution in [0.3, 0.4) is 0 Å². The highest BCUT2D eigenvalue weighted by molar-refractivity contribution is 7.13. The number of aromatic nitrogens is 1. The van der Waals surface area contributed by atoms with Crippen molar-refractivity contribution < 1.29 is 9.53 Å². The zero-order valence-electron chi connectivity index (χ0n) is 16.0. The number of hydrogen-bond donors (Lipinski definition) is 1. The predicted molar refractivity (Wildman–Crippen MR) is 113 cm³/mol. The summed E-state index contributed by atoms with van der Waals surface area (Å²) in [5.41, 5.74) is 1.53. The van der Waals surface area contributed by atoms with Gasteiger partial charge in [-0.25, -0.2) is 4.98 Å². The van der Waals surface area contributed by atoms with Crippen molar-refractivity contribution in [3.8, 4) is 10.6 Å². The third-order valence-corrected chi connectivity index (χ3v) is 7.02. The third kappa shape index (κ3) is 4.40. The second-order valence-corrected chi connectivity index (χ2v) is 8.91. The highest BCUT2D eigenvalue weighted by Crippen LogP contribution is 2.34. The Kier molecular flexibility index (Phi) is 6.31. The maximum atomic E-state index is 12.8. The predicted octanol–water partition coefficient (Wildman–Crippen LogP) is 4.23. The number of morpholine rings is 1. The van der Waals surface area contributed by atoms with E-state index in [9.17, 15) is 4.79 Å². The fourth-order valence-electron chi connectivity index (χ4n) is 4.29. The standard InChI is InChI=1S/C21H26ClN3O2S/c22-17-6-4-16(5-7-17)20-24-18(14-28-20)19(26)23-15-21(8-2-1-3-9-21)25-10-12-27-13-11-25/h4-7,14H,1-3,8-13,15H2,(H,23,26). The molecule has 1 saturated carbocycles. The number of ether oxygens (including phenoxy) is 1. The number of benzene rings is 1. The molecule has 0 spiro atoms. The number of nitrogens with zero attached hydrogens (tertiary/aromatic N) is 2. The molecule has 0 atom stereocenters. The van der Waals surface area contributed by atoms with Crippen LogP contribution in [0.15, 0.2) is 29.6 Å². The Bertz CT molecular complexity index is 796. The van der Waals surface area contributed by atoms with Crippen molar-refractivity contribution in [3.63, 3.8) is 0 Å². The van der Waals surface area contributed by atoms with Gasteiger partial charge in [0.2, 0.25) is 0 Å². The average Bonchev–Trinajstić information content (AvgIpc) is 3.24. The van der Waals surface area contributed by atoms with Gasteiger partial charge in [-0.2, -0.15) is 0 Å². The van der Waals surface area contributed by atoms with Gasteiger partial charge >= 0.3 is 0 Å². The van der Waals surface area contributed by atoms with Crippen LogP contribution in [0.2, 0.25) is 5.02 Å². The van der Waals surface area contributed by atoms with Crippen molar-refractivity contribution in [2.75, 3.05) is 32.8 Å². The maximum Gasteiger partial charge on any atom is 0.270 e. The van der Waals surface area contributed by atoms with E-state index in [0.29, 0.717) is 17.3 Å². The molecule has 4 rings (SSSR count). The fraction of sp³-hybridized carbons (Fsp3) is 0.524. The molecule has 1 N–H and O–H groups in total. The first-order valence-corrected chi connectivity index (χ1v) is 11.2. The second-order valence-electron chi connectivity index (χ2n) is 7.61. The maximum absolute atomic E-state index is 12.8. The molecule has 0 radical (unpaired) electrons. The quantitative estimate of drug-likeness (QED) is 0.787. The number of halogens is 1. The number of carbonyl (C=O) groups is 1. The number of hydrogen-bond acceptors (Lipinski definition) is 5. The van der Waals surface area contributed by atoms with Gasteiger partial charge in [0, 0.05) is 41.1 Å². The van der Waals surface area contributed by atoms with Gasteiger partial charge in [0.1, 0.15) is 10.7 Å². The van der Waals surface area contributed by atoms with E-state index in [1.807, 2.05) is 29.6 Å². The Balaban J connectivity index is 1.43. The van der Waals surface area contributed by atoms with Gasteiger partial charge in [0.25, 0.3) is 5.91 Å². The molecule has 2 fully saturated rings. The number of nitrogens with one attached hydrogen (secondary N) is 1. The number of amides is 1. The Morgan fingerprint density at radius 2 is 1.89 bits per heavy atom. The molecule has 7 heteroatoms. The van der Waals surface area contributed by atoms with Crippen molar-refractivity contribution in [2.45, 2.75) is 37.6 Å². The molecule has 1 aromatic carbocycles. The topological polar surface area (TPSA) is 54.5 Å². The summed E-state index contributed by atoms with van der Waals surface area (Å²) in [7, 11) is 0. The van der Waals surface area contributed by atoms with E-state index in [0.717, 1.165) is 49.7 Å². The fourth-order valence-corrected chi connectivity index (χ4v) is 5.22. The molecular weight excluding hydrogens is 394 g/mol. The lowest BCUT2D eigenvalue weighted by atomic mass is 9.79. The normalized spacial score (nSPS) is 20.0. The van der Waals surface area contributed by atoms with Gasteiger partial charge < -0.3 is 10.1 Å². The molecule has 1 aromatic heterocycles. The summed E-state index contributed by atoms with van der Waals surface area (Å²) in [5.74, 6) is -0.0883. The first-order valence-electron chi connectivity index (χ1n) is 9.99. The molecule has 1 aliphatic heterocycles. The number of rotatable bonds is 5. The van der Waals surface area contributed by atoms with Crippen LogP contribution < -0.4 is 5.32 Å². The van der Waals surface area contributed by atoms with Gasteiger partial charge in [0.05, 0.1) is 13.2 Å². The van der Waals surface area contributed by atoms with E-state index in [2.05, 4.69) is 15.2 Å².